The van der Waals surface area contributed by atoms with Crippen molar-refractivity contribution in [2.45, 2.75) is 40.0 Å². The minimum Gasteiger partial charge on any atom is -0.356 e. The number of piperidine rings is 1. The molecule has 130 valence electrons. The first-order valence-electron chi connectivity index (χ1n) is 9.15. The third-order valence-corrected chi connectivity index (χ3v) is 6.50. The number of hydrogen-bond donors (Lipinski definition) is 0. The third-order valence-electron chi connectivity index (χ3n) is 5.40. The van der Waals surface area contributed by atoms with Crippen molar-refractivity contribution in [1.82, 2.24) is 9.97 Å². The molecule has 2 aromatic heterocycles. The molecule has 3 nitrogen and oxygen atoms in total. The van der Waals surface area contributed by atoms with Gasteiger partial charge < -0.3 is 4.90 Å². The number of thiophene rings is 1. The van der Waals surface area contributed by atoms with Gasteiger partial charge in [-0.15, -0.1) is 11.3 Å². The maximum Gasteiger partial charge on any atom is 0.141 e. The minimum atomic E-state index is 0.780. The number of rotatable bonds is 3. The first kappa shape index (κ1) is 16.5. The molecule has 0 spiro atoms. The summed E-state index contributed by atoms with van der Waals surface area (Å²) in [4.78, 5) is 14.5. The number of aromatic nitrogens is 2. The molecule has 3 aromatic rings. The normalized spacial score (nSPS) is 15.9. The fourth-order valence-corrected chi connectivity index (χ4v) is 4.93. The predicted octanol–water partition coefficient (Wildman–Crippen LogP) is 5.08. The van der Waals surface area contributed by atoms with Crippen LogP contribution in [0.2, 0.25) is 0 Å². The Kier molecular flexibility index (Phi) is 4.46. The lowest BCUT2D eigenvalue weighted by molar-refractivity contribution is 0.402. The van der Waals surface area contributed by atoms with Gasteiger partial charge in [0.25, 0.3) is 0 Å². The molecule has 0 atom stereocenters. The average Bonchev–Trinajstić information content (AvgIpc) is 2.90. The molecule has 4 rings (SSSR count). The van der Waals surface area contributed by atoms with Gasteiger partial charge in [0.15, 0.2) is 0 Å². The van der Waals surface area contributed by atoms with Crippen molar-refractivity contribution in [3.8, 4) is 0 Å². The van der Waals surface area contributed by atoms with Crippen molar-refractivity contribution in [2.24, 2.45) is 5.92 Å². The summed E-state index contributed by atoms with van der Waals surface area (Å²) in [7, 11) is 0. The largest absolute Gasteiger partial charge is 0.356 e. The maximum absolute atomic E-state index is 4.83. The minimum absolute atomic E-state index is 0.780. The van der Waals surface area contributed by atoms with Gasteiger partial charge in [-0.05, 0) is 57.1 Å². The molecular weight excluding hydrogens is 326 g/mol. The van der Waals surface area contributed by atoms with Crippen LogP contribution in [0, 0.1) is 26.7 Å². The van der Waals surface area contributed by atoms with Crippen molar-refractivity contribution < 1.29 is 0 Å². The van der Waals surface area contributed by atoms with Gasteiger partial charge in [-0.2, -0.15) is 0 Å². The zero-order chi connectivity index (χ0) is 17.4. The quantitative estimate of drug-likeness (QED) is 0.659. The second-order valence-corrected chi connectivity index (χ2v) is 8.38. The van der Waals surface area contributed by atoms with E-state index in [-0.39, 0.29) is 0 Å². The van der Waals surface area contributed by atoms with Crippen LogP contribution in [0.1, 0.15) is 34.7 Å². The van der Waals surface area contributed by atoms with E-state index in [1.807, 2.05) is 6.92 Å². The van der Waals surface area contributed by atoms with Crippen LogP contribution in [0.25, 0.3) is 10.2 Å². The molecule has 0 N–H and O–H groups in total. The summed E-state index contributed by atoms with van der Waals surface area (Å²) in [5, 5.41) is 1.27. The lowest BCUT2D eigenvalue weighted by Crippen LogP contribution is -2.35. The van der Waals surface area contributed by atoms with Crippen LogP contribution in [0.15, 0.2) is 30.3 Å². The summed E-state index contributed by atoms with van der Waals surface area (Å²) in [6.07, 6.45) is 3.67. The van der Waals surface area contributed by atoms with Crippen LogP contribution in [0.5, 0.6) is 0 Å². The van der Waals surface area contributed by atoms with Crippen molar-refractivity contribution in [2.75, 3.05) is 18.0 Å². The van der Waals surface area contributed by atoms with Crippen molar-refractivity contribution in [3.05, 3.63) is 52.2 Å². The number of aryl methyl sites for hydroxylation is 3. The number of anilines is 1. The number of hydrogen-bond acceptors (Lipinski definition) is 4. The van der Waals surface area contributed by atoms with E-state index < -0.39 is 0 Å². The monoisotopic (exact) mass is 351 g/mol. The number of nitrogens with zero attached hydrogens (tertiary/aromatic N) is 3. The summed E-state index contributed by atoms with van der Waals surface area (Å²) < 4.78 is 0. The Morgan fingerprint density at radius 3 is 2.48 bits per heavy atom. The van der Waals surface area contributed by atoms with Crippen molar-refractivity contribution in [3.63, 3.8) is 0 Å². The van der Waals surface area contributed by atoms with Crippen LogP contribution >= 0.6 is 11.3 Å². The van der Waals surface area contributed by atoms with E-state index in [0.717, 1.165) is 35.5 Å². The highest BCUT2D eigenvalue weighted by Gasteiger charge is 2.24. The summed E-state index contributed by atoms with van der Waals surface area (Å²) in [6, 6.07) is 10.9. The lowest BCUT2D eigenvalue weighted by Gasteiger charge is -2.33. The molecular formula is C21H25N3S. The van der Waals surface area contributed by atoms with Gasteiger partial charge in [-0.3, -0.25) is 0 Å². The predicted molar refractivity (Wildman–Crippen MR) is 107 cm³/mol. The van der Waals surface area contributed by atoms with Crippen LogP contribution in [-0.2, 0) is 6.42 Å². The first-order chi connectivity index (χ1) is 12.1. The average molecular weight is 352 g/mol. The Hall–Kier alpha value is -1.94. The van der Waals surface area contributed by atoms with E-state index in [2.05, 4.69) is 54.1 Å². The molecule has 1 aliphatic rings. The van der Waals surface area contributed by atoms with Gasteiger partial charge in [0.05, 0.1) is 5.39 Å². The highest BCUT2D eigenvalue weighted by Crippen LogP contribution is 2.36. The Balaban J connectivity index is 1.54. The molecule has 0 saturated carbocycles. The summed E-state index contributed by atoms with van der Waals surface area (Å²) in [5.41, 5.74) is 2.81. The number of benzene rings is 1. The molecule has 0 amide bonds. The molecule has 0 bridgehead atoms. The zero-order valence-corrected chi connectivity index (χ0v) is 16.1. The molecule has 0 unspecified atom stereocenters. The topological polar surface area (TPSA) is 29.0 Å². The number of fused-ring (bicyclic) bond motifs is 1. The fraction of sp³-hybridized carbons (Fsp3) is 0.429. The van der Waals surface area contributed by atoms with Crippen molar-refractivity contribution in [1.29, 1.82) is 0 Å². The molecule has 4 heteroatoms. The van der Waals surface area contributed by atoms with Crippen molar-refractivity contribution >= 4 is 27.4 Å². The van der Waals surface area contributed by atoms with Crippen LogP contribution in [-0.4, -0.2) is 23.1 Å². The highest BCUT2D eigenvalue weighted by molar-refractivity contribution is 7.18. The van der Waals surface area contributed by atoms with Gasteiger partial charge in [0.2, 0.25) is 0 Å². The lowest BCUT2D eigenvalue weighted by atomic mass is 9.90. The standard InChI is InChI=1S/C21H25N3S/c1-14-15(2)25-21-19(14)20(22-16(3)23-21)24-11-9-18(10-12-24)13-17-7-5-4-6-8-17/h4-8,18H,9-13H2,1-3H3. The first-order valence-corrected chi connectivity index (χ1v) is 9.96. The van der Waals surface area contributed by atoms with Crippen LogP contribution in [0.3, 0.4) is 0 Å². The molecule has 1 fully saturated rings. The summed E-state index contributed by atoms with van der Waals surface area (Å²) in [6.45, 7) is 8.59. The van der Waals surface area contributed by atoms with Crippen LogP contribution in [0.4, 0.5) is 5.82 Å². The van der Waals surface area contributed by atoms with E-state index in [4.69, 9.17) is 4.98 Å². The Labute approximate surface area is 153 Å². The Bertz CT molecular complexity index is 877. The molecule has 0 aliphatic carbocycles. The van der Waals surface area contributed by atoms with E-state index in [1.54, 1.807) is 11.3 Å². The van der Waals surface area contributed by atoms with E-state index in [0.29, 0.717) is 0 Å². The molecule has 0 radical (unpaired) electrons. The Morgan fingerprint density at radius 1 is 1.04 bits per heavy atom. The molecule has 1 aromatic carbocycles. The van der Waals surface area contributed by atoms with Gasteiger partial charge in [-0.1, -0.05) is 30.3 Å². The highest BCUT2D eigenvalue weighted by atomic mass is 32.1. The second kappa shape index (κ2) is 6.75. The van der Waals surface area contributed by atoms with Gasteiger partial charge in [0, 0.05) is 18.0 Å². The van der Waals surface area contributed by atoms with E-state index >= 15 is 0 Å². The summed E-state index contributed by atoms with van der Waals surface area (Å²) >= 11 is 1.80. The van der Waals surface area contributed by atoms with Gasteiger partial charge in [-0.25, -0.2) is 9.97 Å². The molecule has 1 saturated heterocycles. The van der Waals surface area contributed by atoms with E-state index in [1.165, 1.54) is 40.7 Å². The van der Waals surface area contributed by atoms with Crippen LogP contribution < -0.4 is 4.90 Å². The Morgan fingerprint density at radius 2 is 1.76 bits per heavy atom. The third kappa shape index (κ3) is 3.28. The SMILES string of the molecule is Cc1nc(N2CCC(Cc3ccccc3)CC2)c2c(C)c(C)sc2n1. The van der Waals surface area contributed by atoms with Gasteiger partial charge in [0.1, 0.15) is 16.5 Å². The summed E-state index contributed by atoms with van der Waals surface area (Å²) in [5.74, 6) is 2.82. The fourth-order valence-electron chi connectivity index (χ4n) is 3.86. The molecule has 25 heavy (non-hydrogen) atoms. The smallest absolute Gasteiger partial charge is 0.141 e. The van der Waals surface area contributed by atoms with Gasteiger partial charge >= 0.3 is 0 Å². The molecule has 3 heterocycles. The van der Waals surface area contributed by atoms with E-state index in [9.17, 15) is 0 Å². The molecule has 1 aliphatic heterocycles. The maximum atomic E-state index is 4.83. The second-order valence-electron chi connectivity index (χ2n) is 7.18. The zero-order valence-electron chi connectivity index (χ0n) is 15.2.